The summed E-state index contributed by atoms with van der Waals surface area (Å²) in [6.07, 6.45) is 1.63. The van der Waals surface area contributed by atoms with E-state index in [0.29, 0.717) is 11.7 Å². The number of oxazole rings is 1. The van der Waals surface area contributed by atoms with Crippen LogP contribution in [0.5, 0.6) is 0 Å². The van der Waals surface area contributed by atoms with Crippen molar-refractivity contribution in [3.05, 3.63) is 41.9 Å². The van der Waals surface area contributed by atoms with E-state index in [2.05, 4.69) is 4.98 Å². The number of aliphatic hydroxyl groups is 1. The molecule has 1 aromatic heterocycles. The number of hydrogen-bond acceptors (Lipinski definition) is 3. The molecule has 72 valence electrons. The molecule has 0 aliphatic rings. The molecule has 1 N–H and O–H groups in total. The van der Waals surface area contributed by atoms with E-state index in [4.69, 9.17) is 9.52 Å². The van der Waals surface area contributed by atoms with Crippen LogP contribution >= 0.6 is 0 Å². The van der Waals surface area contributed by atoms with Crippen LogP contribution in [0, 0.1) is 6.92 Å². The monoisotopic (exact) mass is 189 g/mol. The van der Waals surface area contributed by atoms with Gasteiger partial charge in [0.25, 0.3) is 0 Å². The highest BCUT2D eigenvalue weighted by molar-refractivity contribution is 5.60. The normalized spacial score (nSPS) is 10.4. The molecular formula is C11H11NO2. The van der Waals surface area contributed by atoms with Crippen molar-refractivity contribution >= 4 is 0 Å². The minimum absolute atomic E-state index is 0.161. The average molecular weight is 189 g/mol. The van der Waals surface area contributed by atoms with E-state index in [1.807, 2.05) is 31.2 Å². The maximum atomic E-state index is 8.81. The van der Waals surface area contributed by atoms with Gasteiger partial charge < -0.3 is 9.52 Å². The first-order valence-electron chi connectivity index (χ1n) is 4.43. The van der Waals surface area contributed by atoms with E-state index >= 15 is 0 Å². The lowest BCUT2D eigenvalue weighted by molar-refractivity contribution is 0.241. The van der Waals surface area contributed by atoms with Gasteiger partial charge >= 0.3 is 0 Å². The van der Waals surface area contributed by atoms with Crippen molar-refractivity contribution in [3.63, 3.8) is 0 Å². The molecule has 0 saturated heterocycles. The van der Waals surface area contributed by atoms with E-state index in [-0.39, 0.29) is 6.61 Å². The number of aromatic nitrogens is 1. The first-order chi connectivity index (χ1) is 6.81. The van der Waals surface area contributed by atoms with Crippen molar-refractivity contribution in [1.29, 1.82) is 0 Å². The molecule has 0 amide bonds. The molecule has 1 heterocycles. The zero-order valence-electron chi connectivity index (χ0n) is 7.90. The molecule has 0 aliphatic heterocycles. The summed E-state index contributed by atoms with van der Waals surface area (Å²) in [6.45, 7) is 1.85. The van der Waals surface area contributed by atoms with Gasteiger partial charge in [-0.25, -0.2) is 4.98 Å². The second-order valence-corrected chi connectivity index (χ2v) is 3.09. The van der Waals surface area contributed by atoms with Crippen molar-refractivity contribution in [1.82, 2.24) is 4.98 Å². The topological polar surface area (TPSA) is 46.3 Å². The van der Waals surface area contributed by atoms with E-state index in [1.54, 1.807) is 6.20 Å². The molecule has 0 radical (unpaired) electrons. The van der Waals surface area contributed by atoms with Gasteiger partial charge in [0.2, 0.25) is 5.89 Å². The maximum absolute atomic E-state index is 8.81. The number of aliphatic hydroxyl groups excluding tert-OH is 1. The average Bonchev–Trinajstić information content (AvgIpc) is 2.67. The number of benzene rings is 1. The van der Waals surface area contributed by atoms with Gasteiger partial charge in [-0.2, -0.15) is 0 Å². The fourth-order valence-corrected chi connectivity index (χ4v) is 1.36. The Kier molecular flexibility index (Phi) is 2.33. The SMILES string of the molecule is Cc1ccccc1-c1cnc(CO)o1. The third-order valence-electron chi connectivity index (χ3n) is 2.10. The molecule has 1 aromatic carbocycles. The van der Waals surface area contributed by atoms with Gasteiger partial charge in [0, 0.05) is 5.56 Å². The van der Waals surface area contributed by atoms with Crippen LogP contribution in [0.15, 0.2) is 34.9 Å². The summed E-state index contributed by atoms with van der Waals surface area (Å²) in [6, 6.07) is 7.90. The Balaban J connectivity index is 2.44. The van der Waals surface area contributed by atoms with Crippen molar-refractivity contribution in [2.75, 3.05) is 0 Å². The van der Waals surface area contributed by atoms with Crippen LogP contribution in [0.3, 0.4) is 0 Å². The van der Waals surface area contributed by atoms with Crippen molar-refractivity contribution < 1.29 is 9.52 Å². The quantitative estimate of drug-likeness (QED) is 0.787. The van der Waals surface area contributed by atoms with Crippen LogP contribution in [-0.2, 0) is 6.61 Å². The van der Waals surface area contributed by atoms with Gasteiger partial charge in [-0.1, -0.05) is 24.3 Å². The Labute approximate surface area is 82.0 Å². The summed E-state index contributed by atoms with van der Waals surface area (Å²) in [5, 5.41) is 8.81. The van der Waals surface area contributed by atoms with Crippen LogP contribution in [0.4, 0.5) is 0 Å². The first-order valence-corrected chi connectivity index (χ1v) is 4.43. The number of aryl methyl sites for hydroxylation is 1. The highest BCUT2D eigenvalue weighted by Crippen LogP contribution is 2.23. The Bertz CT molecular complexity index is 434. The van der Waals surface area contributed by atoms with E-state index < -0.39 is 0 Å². The largest absolute Gasteiger partial charge is 0.438 e. The second kappa shape index (κ2) is 3.64. The Hall–Kier alpha value is -1.61. The van der Waals surface area contributed by atoms with Crippen LogP contribution in [0.25, 0.3) is 11.3 Å². The summed E-state index contributed by atoms with van der Waals surface area (Å²) >= 11 is 0. The number of hydrogen-bond donors (Lipinski definition) is 1. The molecule has 0 spiro atoms. The molecule has 3 nitrogen and oxygen atoms in total. The van der Waals surface area contributed by atoms with Crippen LogP contribution in [-0.4, -0.2) is 10.1 Å². The summed E-state index contributed by atoms with van der Waals surface area (Å²) in [4.78, 5) is 3.94. The zero-order valence-corrected chi connectivity index (χ0v) is 7.90. The lowest BCUT2D eigenvalue weighted by atomic mass is 10.1. The molecule has 2 rings (SSSR count). The molecule has 14 heavy (non-hydrogen) atoms. The van der Waals surface area contributed by atoms with Gasteiger partial charge in [-0.05, 0) is 12.5 Å². The van der Waals surface area contributed by atoms with Crippen molar-refractivity contribution in [3.8, 4) is 11.3 Å². The summed E-state index contributed by atoms with van der Waals surface area (Å²) in [7, 11) is 0. The summed E-state index contributed by atoms with van der Waals surface area (Å²) in [5.74, 6) is 1.05. The van der Waals surface area contributed by atoms with Crippen molar-refractivity contribution in [2.24, 2.45) is 0 Å². The maximum Gasteiger partial charge on any atom is 0.220 e. The van der Waals surface area contributed by atoms with Gasteiger partial charge in [-0.3, -0.25) is 0 Å². The molecule has 0 saturated carbocycles. The fourth-order valence-electron chi connectivity index (χ4n) is 1.36. The van der Waals surface area contributed by atoms with E-state index in [1.165, 1.54) is 0 Å². The molecule has 3 heteroatoms. The molecule has 0 fully saturated rings. The van der Waals surface area contributed by atoms with Crippen LogP contribution < -0.4 is 0 Å². The first kappa shape index (κ1) is 8.97. The lowest BCUT2D eigenvalue weighted by Gasteiger charge is -1.99. The molecule has 0 aliphatic carbocycles. The smallest absolute Gasteiger partial charge is 0.220 e. The van der Waals surface area contributed by atoms with Gasteiger partial charge in [0.15, 0.2) is 5.76 Å². The minimum Gasteiger partial charge on any atom is -0.438 e. The molecule has 0 atom stereocenters. The zero-order chi connectivity index (χ0) is 9.97. The summed E-state index contributed by atoms with van der Waals surface area (Å²) < 4.78 is 5.34. The second-order valence-electron chi connectivity index (χ2n) is 3.09. The summed E-state index contributed by atoms with van der Waals surface area (Å²) in [5.41, 5.74) is 2.15. The lowest BCUT2D eigenvalue weighted by Crippen LogP contribution is -1.80. The Morgan fingerprint density at radius 2 is 2.14 bits per heavy atom. The highest BCUT2D eigenvalue weighted by atomic mass is 16.4. The third-order valence-corrected chi connectivity index (χ3v) is 2.10. The van der Waals surface area contributed by atoms with Crippen LogP contribution in [0.2, 0.25) is 0 Å². The molecule has 0 unspecified atom stereocenters. The number of nitrogens with zero attached hydrogens (tertiary/aromatic N) is 1. The highest BCUT2D eigenvalue weighted by Gasteiger charge is 2.06. The predicted molar refractivity (Wildman–Crippen MR) is 52.6 cm³/mol. The van der Waals surface area contributed by atoms with Gasteiger partial charge in [0.05, 0.1) is 6.20 Å². The van der Waals surface area contributed by atoms with Crippen LogP contribution in [0.1, 0.15) is 11.5 Å². The fraction of sp³-hybridized carbons (Fsp3) is 0.182. The standard InChI is InChI=1S/C11H11NO2/c1-8-4-2-3-5-9(8)10-6-12-11(7-13)14-10/h2-6,13H,7H2,1H3. The van der Waals surface area contributed by atoms with E-state index in [0.717, 1.165) is 11.1 Å². The van der Waals surface area contributed by atoms with Gasteiger partial charge in [-0.15, -0.1) is 0 Å². The Morgan fingerprint density at radius 3 is 2.79 bits per heavy atom. The molecule has 0 bridgehead atoms. The Morgan fingerprint density at radius 1 is 1.36 bits per heavy atom. The minimum atomic E-state index is -0.161. The van der Waals surface area contributed by atoms with Gasteiger partial charge in [0.1, 0.15) is 6.61 Å². The predicted octanol–water partition coefficient (Wildman–Crippen LogP) is 2.14. The third kappa shape index (κ3) is 1.54. The number of rotatable bonds is 2. The molecule has 2 aromatic rings. The molecular weight excluding hydrogens is 178 g/mol. The van der Waals surface area contributed by atoms with E-state index in [9.17, 15) is 0 Å². The van der Waals surface area contributed by atoms with Crippen molar-refractivity contribution in [2.45, 2.75) is 13.5 Å².